The van der Waals surface area contributed by atoms with E-state index < -0.39 is 0 Å². The Morgan fingerprint density at radius 3 is 2.30 bits per heavy atom. The maximum Gasteiger partial charge on any atom is 0.272 e. The van der Waals surface area contributed by atoms with E-state index in [0.717, 1.165) is 44.6 Å². The first-order valence-corrected chi connectivity index (χ1v) is 13.1. The maximum absolute atomic E-state index is 12.3. The topological polar surface area (TPSA) is 110 Å². The molecule has 2 aromatic rings. The van der Waals surface area contributed by atoms with Crippen LogP contribution in [-0.4, -0.2) is 62.9 Å². The van der Waals surface area contributed by atoms with E-state index in [1.165, 1.54) is 19.3 Å². The molecule has 1 aliphatic heterocycles. The highest BCUT2D eigenvalue weighted by molar-refractivity contribution is 6.31. The Kier molecular flexibility index (Phi) is 11.4. The van der Waals surface area contributed by atoms with Crippen molar-refractivity contribution in [2.45, 2.75) is 57.3 Å². The van der Waals surface area contributed by atoms with Crippen molar-refractivity contribution in [1.29, 1.82) is 5.26 Å². The minimum absolute atomic E-state index is 0.113. The average molecular weight is 530 g/mol. The third-order valence-electron chi connectivity index (χ3n) is 6.83. The predicted octanol–water partition coefficient (Wildman–Crippen LogP) is 4.59. The van der Waals surface area contributed by atoms with Gasteiger partial charge < -0.3 is 24.4 Å². The van der Waals surface area contributed by atoms with Gasteiger partial charge >= 0.3 is 0 Å². The number of nitrogens with zero attached hydrogens (tertiary/aromatic N) is 4. The fourth-order valence-corrected chi connectivity index (χ4v) is 4.93. The Labute approximate surface area is 224 Å². The van der Waals surface area contributed by atoms with Crippen molar-refractivity contribution >= 4 is 23.3 Å². The highest BCUT2D eigenvalue weighted by Crippen LogP contribution is 2.26. The molecule has 37 heavy (non-hydrogen) atoms. The van der Waals surface area contributed by atoms with Crippen molar-refractivity contribution in [1.82, 2.24) is 15.5 Å². The standard InChI is InChI=1S/C19H30N4O3.C8H6ClNO/c1-25-19(26-2)14-10-12-23(13-11-14)17-9-8-16(21-22-17)18(24)20-15-6-4-3-5-7-15;1-11-7-3-2-6(5-10)8(9)4-7/h8-9,14-15,19H,3-7,10-13H2,1-2H3,(H,20,24);2-4H,1H3. The molecule has 2 heterocycles. The van der Waals surface area contributed by atoms with Gasteiger partial charge in [0.05, 0.1) is 17.7 Å². The molecule has 200 valence electrons. The number of anilines is 1. The second-order valence-corrected chi connectivity index (χ2v) is 9.61. The van der Waals surface area contributed by atoms with Gasteiger partial charge in [0.1, 0.15) is 11.8 Å². The first kappa shape index (κ1) is 28.6. The largest absolute Gasteiger partial charge is 0.497 e. The molecule has 1 saturated carbocycles. The van der Waals surface area contributed by atoms with Gasteiger partial charge in [-0.3, -0.25) is 4.79 Å². The summed E-state index contributed by atoms with van der Waals surface area (Å²) in [4.78, 5) is 14.5. The molecule has 1 N–H and O–H groups in total. The highest BCUT2D eigenvalue weighted by atomic mass is 35.5. The molecule has 0 atom stereocenters. The van der Waals surface area contributed by atoms with E-state index in [9.17, 15) is 4.79 Å². The van der Waals surface area contributed by atoms with Gasteiger partial charge in [0, 0.05) is 45.3 Å². The Morgan fingerprint density at radius 2 is 1.76 bits per heavy atom. The van der Waals surface area contributed by atoms with Crippen LogP contribution in [0.25, 0.3) is 0 Å². The number of hydrogen-bond acceptors (Lipinski definition) is 8. The van der Waals surface area contributed by atoms with E-state index in [1.54, 1.807) is 45.6 Å². The summed E-state index contributed by atoms with van der Waals surface area (Å²) in [5, 5.41) is 20.4. The van der Waals surface area contributed by atoms with Crippen LogP contribution in [0, 0.1) is 17.2 Å². The molecule has 2 aliphatic rings. The molecule has 2 fully saturated rings. The van der Waals surface area contributed by atoms with Crippen LogP contribution >= 0.6 is 11.6 Å². The van der Waals surface area contributed by atoms with E-state index in [0.29, 0.717) is 27.9 Å². The molecule has 0 radical (unpaired) electrons. The molecule has 1 aromatic heterocycles. The predicted molar refractivity (Wildman–Crippen MR) is 142 cm³/mol. The van der Waals surface area contributed by atoms with Crippen LogP contribution in [0.2, 0.25) is 5.02 Å². The molecule has 1 saturated heterocycles. The summed E-state index contributed by atoms with van der Waals surface area (Å²) in [7, 11) is 4.92. The monoisotopic (exact) mass is 529 g/mol. The Balaban J connectivity index is 0.000000289. The lowest BCUT2D eigenvalue weighted by atomic mass is 9.95. The molecule has 0 spiro atoms. The molecule has 0 unspecified atom stereocenters. The van der Waals surface area contributed by atoms with Crippen LogP contribution in [0.1, 0.15) is 61.0 Å². The van der Waals surface area contributed by atoms with Crippen molar-refractivity contribution in [3.8, 4) is 11.8 Å². The average Bonchev–Trinajstić information content (AvgIpc) is 2.95. The molecule has 9 nitrogen and oxygen atoms in total. The number of nitriles is 1. The fraction of sp³-hybridized carbons (Fsp3) is 0.556. The Morgan fingerprint density at radius 1 is 1.05 bits per heavy atom. The Bertz CT molecular complexity index is 1030. The van der Waals surface area contributed by atoms with Crippen molar-refractivity contribution in [3.63, 3.8) is 0 Å². The minimum atomic E-state index is -0.144. The lowest BCUT2D eigenvalue weighted by molar-refractivity contribution is -0.141. The quantitative estimate of drug-likeness (QED) is 0.518. The van der Waals surface area contributed by atoms with Crippen LogP contribution < -0.4 is 15.0 Å². The van der Waals surface area contributed by atoms with Gasteiger partial charge in [-0.15, -0.1) is 10.2 Å². The minimum Gasteiger partial charge on any atom is -0.497 e. The van der Waals surface area contributed by atoms with E-state index in [-0.39, 0.29) is 18.2 Å². The molecule has 1 aromatic carbocycles. The number of rotatable bonds is 7. The number of carbonyl (C=O) groups excluding carboxylic acids is 1. The van der Waals surface area contributed by atoms with Gasteiger partial charge in [-0.2, -0.15) is 5.26 Å². The number of halogens is 1. The van der Waals surface area contributed by atoms with Crippen LogP contribution in [0.4, 0.5) is 5.82 Å². The number of methoxy groups -OCH3 is 3. The summed E-state index contributed by atoms with van der Waals surface area (Å²) in [6.07, 6.45) is 7.61. The number of ether oxygens (including phenoxy) is 3. The summed E-state index contributed by atoms with van der Waals surface area (Å²) in [6, 6.07) is 10.9. The van der Waals surface area contributed by atoms with Gasteiger partial charge in [0.2, 0.25) is 0 Å². The van der Waals surface area contributed by atoms with E-state index in [2.05, 4.69) is 20.4 Å². The number of amides is 1. The van der Waals surface area contributed by atoms with E-state index in [4.69, 9.17) is 31.1 Å². The molecule has 0 bridgehead atoms. The summed E-state index contributed by atoms with van der Waals surface area (Å²) in [5.41, 5.74) is 0.862. The lowest BCUT2D eigenvalue weighted by Crippen LogP contribution is -2.39. The van der Waals surface area contributed by atoms with Gasteiger partial charge in [0.25, 0.3) is 5.91 Å². The maximum atomic E-state index is 12.3. The zero-order valence-electron chi connectivity index (χ0n) is 21.8. The number of nitrogens with one attached hydrogen (secondary N) is 1. The van der Waals surface area contributed by atoms with E-state index >= 15 is 0 Å². The molecule has 1 aliphatic carbocycles. The van der Waals surface area contributed by atoms with Crippen molar-refractivity contribution < 1.29 is 19.0 Å². The third-order valence-corrected chi connectivity index (χ3v) is 7.15. The normalized spacial score (nSPS) is 16.5. The van der Waals surface area contributed by atoms with Gasteiger partial charge in [-0.1, -0.05) is 30.9 Å². The fourth-order valence-electron chi connectivity index (χ4n) is 4.72. The second-order valence-electron chi connectivity index (χ2n) is 9.21. The van der Waals surface area contributed by atoms with Crippen molar-refractivity contribution in [3.05, 3.63) is 46.6 Å². The number of hydrogen-bond donors (Lipinski definition) is 1. The van der Waals surface area contributed by atoms with Crippen LogP contribution in [-0.2, 0) is 9.47 Å². The summed E-state index contributed by atoms with van der Waals surface area (Å²) in [5.74, 6) is 1.77. The first-order valence-electron chi connectivity index (χ1n) is 12.7. The van der Waals surface area contributed by atoms with Gasteiger partial charge in [-0.05, 0) is 49.9 Å². The summed E-state index contributed by atoms with van der Waals surface area (Å²) >= 11 is 5.71. The summed E-state index contributed by atoms with van der Waals surface area (Å²) in [6.45, 7) is 1.77. The molecular weight excluding hydrogens is 494 g/mol. The van der Waals surface area contributed by atoms with Crippen LogP contribution in [0.5, 0.6) is 5.75 Å². The van der Waals surface area contributed by atoms with Gasteiger partial charge in [0.15, 0.2) is 17.8 Å². The second kappa shape index (κ2) is 14.7. The van der Waals surface area contributed by atoms with Crippen LogP contribution in [0.15, 0.2) is 30.3 Å². The molecular formula is C27H36ClN5O4. The smallest absolute Gasteiger partial charge is 0.272 e. The number of carbonyl (C=O) groups is 1. The van der Waals surface area contributed by atoms with Gasteiger partial charge in [-0.25, -0.2) is 0 Å². The highest BCUT2D eigenvalue weighted by Gasteiger charge is 2.27. The Hall–Kier alpha value is -2.93. The SMILES string of the molecule is COC(OC)C1CCN(c2ccc(C(=O)NC3CCCCC3)nn2)CC1.COc1ccc(C#N)c(Cl)c1. The first-order chi connectivity index (χ1) is 18.0. The third kappa shape index (κ3) is 8.29. The van der Waals surface area contributed by atoms with E-state index in [1.807, 2.05) is 12.1 Å². The zero-order valence-corrected chi connectivity index (χ0v) is 22.5. The lowest BCUT2D eigenvalue weighted by Gasteiger charge is -2.35. The van der Waals surface area contributed by atoms with Crippen LogP contribution in [0.3, 0.4) is 0 Å². The van der Waals surface area contributed by atoms with Crippen molar-refractivity contribution in [2.75, 3.05) is 39.3 Å². The molecule has 1 amide bonds. The number of benzene rings is 1. The molecule has 10 heteroatoms. The zero-order chi connectivity index (χ0) is 26.6. The van der Waals surface area contributed by atoms with Crippen molar-refractivity contribution in [2.24, 2.45) is 5.92 Å². The number of aromatic nitrogens is 2. The molecule has 4 rings (SSSR count). The number of piperidine rings is 1. The summed E-state index contributed by atoms with van der Waals surface area (Å²) < 4.78 is 15.6.